The number of allylic oxidation sites excluding steroid dienone is 4. The van der Waals surface area contributed by atoms with E-state index in [1.54, 1.807) is 11.1 Å². The van der Waals surface area contributed by atoms with Crippen LogP contribution in [-0.2, 0) is 4.79 Å². The Bertz CT molecular complexity index is 612. The maximum atomic E-state index is 10.3. The molecule has 30 heavy (non-hydrogen) atoms. The molecule has 0 aromatic carbocycles. The molecule has 1 atom stereocenters. The molecule has 0 aromatic heterocycles. The fourth-order valence-electron chi connectivity index (χ4n) is 4.64. The molecule has 0 saturated heterocycles. The minimum Gasteiger partial charge on any atom is -0.481 e. The lowest BCUT2D eigenvalue weighted by Gasteiger charge is -2.52. The molecule has 3 aliphatic carbocycles. The van der Waals surface area contributed by atoms with Crippen molar-refractivity contribution in [3.05, 3.63) is 23.3 Å². The van der Waals surface area contributed by atoms with Crippen LogP contribution < -0.4 is 0 Å². The van der Waals surface area contributed by atoms with Crippen molar-refractivity contribution in [1.82, 2.24) is 0 Å². The van der Waals surface area contributed by atoms with Crippen LogP contribution in [0.3, 0.4) is 0 Å². The minimum absolute atomic E-state index is 0.328. The highest BCUT2D eigenvalue weighted by Gasteiger charge is 2.46. The van der Waals surface area contributed by atoms with Gasteiger partial charge in [0.25, 0.3) is 0 Å². The van der Waals surface area contributed by atoms with Gasteiger partial charge in [0.15, 0.2) is 0 Å². The SMILES string of the molecule is CC/C=C\C#CCCCCCCCCCCCC(=O)O.CC1=C2CC(CC1)C2(C)C. The van der Waals surface area contributed by atoms with E-state index < -0.39 is 5.97 Å². The summed E-state index contributed by atoms with van der Waals surface area (Å²) in [5.41, 5.74) is 4.04. The van der Waals surface area contributed by atoms with Crippen LogP contribution in [0.2, 0.25) is 0 Å². The quantitative estimate of drug-likeness (QED) is 0.197. The zero-order valence-electron chi connectivity index (χ0n) is 20.2. The molecule has 0 radical (unpaired) electrons. The van der Waals surface area contributed by atoms with Gasteiger partial charge in [-0.3, -0.25) is 4.79 Å². The van der Waals surface area contributed by atoms with Gasteiger partial charge < -0.3 is 5.11 Å². The van der Waals surface area contributed by atoms with Gasteiger partial charge >= 0.3 is 5.97 Å². The Morgan fingerprint density at radius 2 is 1.67 bits per heavy atom. The Morgan fingerprint density at radius 1 is 1.07 bits per heavy atom. The number of aliphatic carboxylic acids is 1. The molecule has 1 unspecified atom stereocenters. The molecule has 0 spiro atoms. The van der Waals surface area contributed by atoms with E-state index in [0.29, 0.717) is 11.8 Å². The van der Waals surface area contributed by atoms with Gasteiger partial charge in [0, 0.05) is 12.8 Å². The predicted molar refractivity (Wildman–Crippen MR) is 129 cm³/mol. The molecule has 0 heterocycles. The highest BCUT2D eigenvalue weighted by atomic mass is 16.4. The Balaban J connectivity index is 0.000000367. The van der Waals surface area contributed by atoms with Crippen molar-refractivity contribution in [2.24, 2.45) is 11.3 Å². The molecule has 3 rings (SSSR count). The van der Waals surface area contributed by atoms with Crippen LogP contribution in [0, 0.1) is 23.2 Å². The van der Waals surface area contributed by atoms with Gasteiger partial charge in [-0.05, 0) is 62.9 Å². The van der Waals surface area contributed by atoms with Crippen molar-refractivity contribution in [3.8, 4) is 11.8 Å². The van der Waals surface area contributed by atoms with Crippen molar-refractivity contribution in [3.63, 3.8) is 0 Å². The molecule has 0 aliphatic heterocycles. The van der Waals surface area contributed by atoms with Crippen molar-refractivity contribution >= 4 is 5.97 Å². The van der Waals surface area contributed by atoms with E-state index >= 15 is 0 Å². The lowest BCUT2D eigenvalue weighted by atomic mass is 9.52. The van der Waals surface area contributed by atoms with E-state index in [2.05, 4.69) is 45.6 Å². The Morgan fingerprint density at radius 3 is 2.13 bits per heavy atom. The molecule has 2 bridgehead atoms. The van der Waals surface area contributed by atoms with Crippen molar-refractivity contribution < 1.29 is 9.90 Å². The minimum atomic E-state index is -0.668. The molecule has 3 aliphatic rings. The van der Waals surface area contributed by atoms with E-state index in [4.69, 9.17) is 5.11 Å². The zero-order chi connectivity index (χ0) is 22.2. The van der Waals surface area contributed by atoms with Gasteiger partial charge in [-0.25, -0.2) is 0 Å². The number of carboxylic acids is 1. The first-order valence-electron chi connectivity index (χ1n) is 12.4. The normalized spacial score (nSPS) is 18.9. The molecule has 0 aromatic rings. The molecule has 1 N–H and O–H groups in total. The summed E-state index contributed by atoms with van der Waals surface area (Å²) >= 11 is 0. The molecule has 0 amide bonds. The van der Waals surface area contributed by atoms with Gasteiger partial charge in [-0.15, -0.1) is 0 Å². The molecule has 1 saturated carbocycles. The summed E-state index contributed by atoms with van der Waals surface area (Å²) in [7, 11) is 0. The van der Waals surface area contributed by atoms with Crippen LogP contribution in [0.25, 0.3) is 0 Å². The molecule has 170 valence electrons. The third-order valence-corrected chi connectivity index (χ3v) is 6.86. The van der Waals surface area contributed by atoms with Crippen LogP contribution in [0.5, 0.6) is 0 Å². The molecule has 2 heteroatoms. The van der Waals surface area contributed by atoms with Gasteiger partial charge in [0.05, 0.1) is 0 Å². The first-order chi connectivity index (χ1) is 14.4. The van der Waals surface area contributed by atoms with E-state index in [-0.39, 0.29) is 0 Å². The van der Waals surface area contributed by atoms with Crippen LogP contribution in [0.15, 0.2) is 23.3 Å². The van der Waals surface area contributed by atoms with Crippen molar-refractivity contribution in [1.29, 1.82) is 0 Å². The van der Waals surface area contributed by atoms with E-state index in [9.17, 15) is 4.79 Å². The summed E-state index contributed by atoms with van der Waals surface area (Å²) in [6, 6.07) is 0. The molecular formula is C28H46O2. The maximum Gasteiger partial charge on any atom is 0.303 e. The first-order valence-corrected chi connectivity index (χ1v) is 12.4. The van der Waals surface area contributed by atoms with E-state index in [1.807, 2.05) is 6.08 Å². The Labute approximate surface area is 186 Å². The summed E-state index contributed by atoms with van der Waals surface area (Å²) in [6.07, 6.45) is 21.4. The Kier molecular flexibility index (Phi) is 13.6. The molecule has 2 nitrogen and oxygen atoms in total. The van der Waals surface area contributed by atoms with Gasteiger partial charge in [-0.1, -0.05) is 94.8 Å². The zero-order valence-corrected chi connectivity index (χ0v) is 20.2. The van der Waals surface area contributed by atoms with Crippen LogP contribution in [0.1, 0.15) is 124 Å². The average Bonchev–Trinajstić information content (AvgIpc) is 2.71. The average molecular weight is 415 g/mol. The summed E-state index contributed by atoms with van der Waals surface area (Å²) < 4.78 is 0. The lowest BCUT2D eigenvalue weighted by Crippen LogP contribution is -2.41. The standard InChI is InChI=1S/C18H30O2.C10H16/c1-2-3-4-5-6-7-8-9-10-11-12-13-14-15-16-17-18(19)20;1-7-4-5-8-6-9(7)10(8,2)3/h3-4H,2,7-17H2,1H3,(H,19,20);8H,4-6H2,1-3H3/b4-3-;. The van der Waals surface area contributed by atoms with Crippen molar-refractivity contribution in [2.45, 2.75) is 124 Å². The lowest BCUT2D eigenvalue weighted by molar-refractivity contribution is -0.137. The fraction of sp³-hybridized carbons (Fsp3) is 0.750. The summed E-state index contributed by atoms with van der Waals surface area (Å²) in [6.45, 7) is 9.23. The van der Waals surface area contributed by atoms with Crippen molar-refractivity contribution in [2.75, 3.05) is 0 Å². The second kappa shape index (κ2) is 15.3. The monoisotopic (exact) mass is 414 g/mol. The topological polar surface area (TPSA) is 37.3 Å². The summed E-state index contributed by atoms with van der Waals surface area (Å²) in [5, 5.41) is 8.50. The van der Waals surface area contributed by atoms with Crippen LogP contribution in [0.4, 0.5) is 0 Å². The highest BCUT2D eigenvalue weighted by Crippen LogP contribution is 2.58. The predicted octanol–water partition coefficient (Wildman–Crippen LogP) is 8.47. The summed E-state index contributed by atoms with van der Waals surface area (Å²) in [5.74, 6) is 6.57. The summed E-state index contributed by atoms with van der Waals surface area (Å²) in [4.78, 5) is 10.3. The number of carbonyl (C=O) groups is 1. The second-order valence-corrected chi connectivity index (χ2v) is 9.63. The molecular weight excluding hydrogens is 368 g/mol. The number of fused-ring (bicyclic) bond motifs is 2. The number of hydrogen-bond donors (Lipinski definition) is 1. The Hall–Kier alpha value is -1.49. The highest BCUT2D eigenvalue weighted by molar-refractivity contribution is 5.66. The number of hydrogen-bond acceptors (Lipinski definition) is 1. The van der Waals surface area contributed by atoms with Gasteiger partial charge in [-0.2, -0.15) is 0 Å². The first kappa shape index (κ1) is 26.5. The number of carboxylic acid groups (broad SMARTS) is 1. The largest absolute Gasteiger partial charge is 0.481 e. The third-order valence-electron chi connectivity index (χ3n) is 6.86. The maximum absolute atomic E-state index is 10.3. The second-order valence-electron chi connectivity index (χ2n) is 9.63. The van der Waals surface area contributed by atoms with Gasteiger partial charge in [0.2, 0.25) is 0 Å². The van der Waals surface area contributed by atoms with Crippen LogP contribution >= 0.6 is 0 Å². The number of unbranched alkanes of at least 4 members (excludes halogenated alkanes) is 9. The third kappa shape index (κ3) is 10.5. The smallest absolute Gasteiger partial charge is 0.303 e. The fourth-order valence-corrected chi connectivity index (χ4v) is 4.64. The number of rotatable bonds is 12. The van der Waals surface area contributed by atoms with Gasteiger partial charge in [0.1, 0.15) is 0 Å². The van der Waals surface area contributed by atoms with E-state index in [1.165, 1.54) is 64.2 Å². The molecule has 1 fully saturated rings. The van der Waals surface area contributed by atoms with E-state index in [0.717, 1.165) is 31.6 Å². The van der Waals surface area contributed by atoms with Crippen LogP contribution in [-0.4, -0.2) is 11.1 Å².